The summed E-state index contributed by atoms with van der Waals surface area (Å²) in [4.78, 5) is 0. The molecule has 0 bridgehead atoms. The second-order valence-corrected chi connectivity index (χ2v) is 2.72. The van der Waals surface area contributed by atoms with Crippen molar-refractivity contribution in [2.45, 2.75) is 19.3 Å². The van der Waals surface area contributed by atoms with Crippen molar-refractivity contribution < 1.29 is 5.11 Å². The molecule has 1 rings (SSSR count). The number of rotatable bonds is 3. The maximum Gasteiger partial charge on any atom is 0.0431 e. The first kappa shape index (κ1) is 10.2. The smallest absolute Gasteiger partial charge is 0.0431 e. The lowest BCUT2D eigenvalue weighted by Crippen LogP contribution is -2.09. The second kappa shape index (κ2) is 5.96. The molecule has 1 aliphatic rings. The van der Waals surface area contributed by atoms with Crippen LogP contribution in [0.25, 0.3) is 0 Å². The van der Waals surface area contributed by atoms with Crippen molar-refractivity contribution in [1.29, 1.82) is 0 Å². The van der Waals surface area contributed by atoms with E-state index in [1.54, 1.807) is 0 Å². The van der Waals surface area contributed by atoms with Crippen molar-refractivity contribution in [1.82, 2.24) is 5.32 Å². The van der Waals surface area contributed by atoms with Crippen LogP contribution in [0.2, 0.25) is 0 Å². The third-order valence-electron chi connectivity index (χ3n) is 1.93. The standard InChI is InChI=1S/C7H15NO.ClH/c9-5-1-2-7-3-4-8-6-7;/h7-9H,1-6H2;1H/t7-;/m1./s1. The van der Waals surface area contributed by atoms with Crippen LogP contribution in [0.5, 0.6) is 0 Å². The molecule has 0 spiro atoms. The third-order valence-corrected chi connectivity index (χ3v) is 1.93. The van der Waals surface area contributed by atoms with Crippen LogP contribution in [-0.4, -0.2) is 24.8 Å². The van der Waals surface area contributed by atoms with E-state index in [2.05, 4.69) is 5.32 Å². The average molecular weight is 166 g/mol. The fourth-order valence-electron chi connectivity index (χ4n) is 1.34. The highest BCUT2D eigenvalue weighted by molar-refractivity contribution is 5.85. The quantitative estimate of drug-likeness (QED) is 0.648. The monoisotopic (exact) mass is 165 g/mol. The molecule has 1 heterocycles. The average Bonchev–Trinajstić information content (AvgIpc) is 2.34. The number of nitrogens with one attached hydrogen (secondary N) is 1. The Kier molecular flexibility index (Phi) is 6.08. The Morgan fingerprint density at radius 1 is 1.50 bits per heavy atom. The van der Waals surface area contributed by atoms with Gasteiger partial charge in [0.05, 0.1) is 0 Å². The van der Waals surface area contributed by atoms with E-state index in [4.69, 9.17) is 5.11 Å². The molecule has 2 N–H and O–H groups in total. The lowest BCUT2D eigenvalue weighted by molar-refractivity contribution is 0.273. The van der Waals surface area contributed by atoms with Crippen molar-refractivity contribution in [3.8, 4) is 0 Å². The molecule has 10 heavy (non-hydrogen) atoms. The molecule has 0 saturated carbocycles. The van der Waals surface area contributed by atoms with Crippen molar-refractivity contribution in [3.05, 3.63) is 0 Å². The Labute approximate surface area is 68.4 Å². The van der Waals surface area contributed by atoms with E-state index in [-0.39, 0.29) is 12.4 Å². The van der Waals surface area contributed by atoms with Crippen LogP contribution >= 0.6 is 12.4 Å². The molecular weight excluding hydrogens is 150 g/mol. The van der Waals surface area contributed by atoms with Crippen LogP contribution in [0.3, 0.4) is 0 Å². The maximum atomic E-state index is 8.51. The summed E-state index contributed by atoms with van der Waals surface area (Å²) in [5.41, 5.74) is 0. The van der Waals surface area contributed by atoms with Gasteiger partial charge in [-0.2, -0.15) is 0 Å². The SMILES string of the molecule is Cl.OCCC[C@@H]1CCNC1. The highest BCUT2D eigenvalue weighted by Gasteiger charge is 2.12. The van der Waals surface area contributed by atoms with Gasteiger partial charge in [-0.05, 0) is 38.3 Å². The van der Waals surface area contributed by atoms with Gasteiger partial charge < -0.3 is 10.4 Å². The molecule has 62 valence electrons. The van der Waals surface area contributed by atoms with Crippen molar-refractivity contribution in [2.24, 2.45) is 5.92 Å². The minimum absolute atomic E-state index is 0. The number of aliphatic hydroxyl groups is 1. The molecule has 0 aromatic rings. The Balaban J connectivity index is 0.000000810. The van der Waals surface area contributed by atoms with Gasteiger partial charge >= 0.3 is 0 Å². The lowest BCUT2D eigenvalue weighted by Gasteiger charge is -2.04. The minimum atomic E-state index is 0. The zero-order valence-corrected chi connectivity index (χ0v) is 6.99. The molecule has 0 amide bonds. The van der Waals surface area contributed by atoms with Gasteiger partial charge in [0.1, 0.15) is 0 Å². The van der Waals surface area contributed by atoms with E-state index in [1.807, 2.05) is 0 Å². The summed E-state index contributed by atoms with van der Waals surface area (Å²) in [6.07, 6.45) is 3.48. The largest absolute Gasteiger partial charge is 0.396 e. The summed E-state index contributed by atoms with van der Waals surface area (Å²) in [5, 5.41) is 11.8. The molecule has 1 saturated heterocycles. The summed E-state index contributed by atoms with van der Waals surface area (Å²) < 4.78 is 0. The molecule has 0 radical (unpaired) electrons. The van der Waals surface area contributed by atoms with E-state index >= 15 is 0 Å². The Hall–Kier alpha value is 0.210. The van der Waals surface area contributed by atoms with E-state index in [1.165, 1.54) is 25.9 Å². The van der Waals surface area contributed by atoms with Crippen LogP contribution in [0.4, 0.5) is 0 Å². The third kappa shape index (κ3) is 3.40. The van der Waals surface area contributed by atoms with Crippen molar-refractivity contribution in [3.63, 3.8) is 0 Å². The van der Waals surface area contributed by atoms with Gasteiger partial charge in [0.2, 0.25) is 0 Å². The van der Waals surface area contributed by atoms with E-state index < -0.39 is 0 Å². The molecule has 0 aliphatic carbocycles. The van der Waals surface area contributed by atoms with E-state index in [0.29, 0.717) is 6.61 Å². The molecule has 1 atom stereocenters. The van der Waals surface area contributed by atoms with Gasteiger partial charge in [-0.1, -0.05) is 0 Å². The van der Waals surface area contributed by atoms with Gasteiger partial charge in [0.15, 0.2) is 0 Å². The highest BCUT2D eigenvalue weighted by Crippen LogP contribution is 2.13. The summed E-state index contributed by atoms with van der Waals surface area (Å²) in [7, 11) is 0. The minimum Gasteiger partial charge on any atom is -0.396 e. The van der Waals surface area contributed by atoms with Crippen LogP contribution in [0.1, 0.15) is 19.3 Å². The predicted octanol–water partition coefficient (Wildman–Crippen LogP) is 0.790. The Morgan fingerprint density at radius 3 is 2.80 bits per heavy atom. The molecule has 0 unspecified atom stereocenters. The summed E-state index contributed by atoms with van der Waals surface area (Å²) in [6.45, 7) is 2.70. The summed E-state index contributed by atoms with van der Waals surface area (Å²) in [6, 6.07) is 0. The van der Waals surface area contributed by atoms with Crippen LogP contribution < -0.4 is 5.32 Å². The molecular formula is C7H16ClNO. The Morgan fingerprint density at radius 2 is 2.30 bits per heavy atom. The summed E-state index contributed by atoms with van der Waals surface area (Å²) >= 11 is 0. The molecule has 0 aromatic heterocycles. The number of halogens is 1. The van der Waals surface area contributed by atoms with Crippen molar-refractivity contribution in [2.75, 3.05) is 19.7 Å². The van der Waals surface area contributed by atoms with E-state index in [9.17, 15) is 0 Å². The molecule has 2 nitrogen and oxygen atoms in total. The normalized spacial score (nSPS) is 24.3. The summed E-state index contributed by atoms with van der Waals surface area (Å²) in [5.74, 6) is 0.845. The van der Waals surface area contributed by atoms with Crippen LogP contribution in [-0.2, 0) is 0 Å². The number of aliphatic hydroxyl groups excluding tert-OH is 1. The first-order valence-electron chi connectivity index (χ1n) is 3.75. The van der Waals surface area contributed by atoms with Gasteiger partial charge in [0.25, 0.3) is 0 Å². The molecule has 1 fully saturated rings. The molecule has 0 aromatic carbocycles. The van der Waals surface area contributed by atoms with Gasteiger partial charge in [-0.3, -0.25) is 0 Å². The first-order valence-corrected chi connectivity index (χ1v) is 3.75. The van der Waals surface area contributed by atoms with Gasteiger partial charge in [-0.15, -0.1) is 12.4 Å². The highest BCUT2D eigenvalue weighted by atomic mass is 35.5. The Bertz CT molecular complexity index is 74.0. The zero-order valence-electron chi connectivity index (χ0n) is 6.18. The van der Waals surface area contributed by atoms with E-state index in [0.717, 1.165) is 12.3 Å². The lowest BCUT2D eigenvalue weighted by atomic mass is 10.0. The fraction of sp³-hybridized carbons (Fsp3) is 1.00. The fourth-order valence-corrected chi connectivity index (χ4v) is 1.34. The number of hydrogen-bond acceptors (Lipinski definition) is 2. The number of hydrogen-bond donors (Lipinski definition) is 2. The van der Waals surface area contributed by atoms with Gasteiger partial charge in [0, 0.05) is 6.61 Å². The molecule has 3 heteroatoms. The topological polar surface area (TPSA) is 32.3 Å². The van der Waals surface area contributed by atoms with Gasteiger partial charge in [-0.25, -0.2) is 0 Å². The van der Waals surface area contributed by atoms with Crippen molar-refractivity contribution >= 4 is 12.4 Å². The maximum absolute atomic E-state index is 8.51. The second-order valence-electron chi connectivity index (χ2n) is 2.72. The zero-order chi connectivity index (χ0) is 6.53. The first-order chi connectivity index (χ1) is 4.43. The van der Waals surface area contributed by atoms with Crippen LogP contribution in [0, 0.1) is 5.92 Å². The predicted molar refractivity (Wildman–Crippen MR) is 44.5 cm³/mol. The van der Waals surface area contributed by atoms with Crippen LogP contribution in [0.15, 0.2) is 0 Å². The molecule has 1 aliphatic heterocycles.